The third kappa shape index (κ3) is 4.09. The fourth-order valence-electron chi connectivity index (χ4n) is 2.95. The number of rotatable bonds is 7. The lowest BCUT2D eigenvalue weighted by Gasteiger charge is -2.11. The van der Waals surface area contributed by atoms with Crippen molar-refractivity contribution in [3.05, 3.63) is 82.6 Å². The van der Waals surface area contributed by atoms with Crippen LogP contribution in [0.5, 0.6) is 0 Å². The van der Waals surface area contributed by atoms with Crippen LogP contribution in [0.25, 0.3) is 22.5 Å². The van der Waals surface area contributed by atoms with Crippen LogP contribution in [0, 0.1) is 10.1 Å². The van der Waals surface area contributed by atoms with Gasteiger partial charge < -0.3 is 15.1 Å². The van der Waals surface area contributed by atoms with Gasteiger partial charge in [0.05, 0.1) is 16.7 Å². The van der Waals surface area contributed by atoms with Crippen molar-refractivity contribution in [2.75, 3.05) is 18.4 Å². The van der Waals surface area contributed by atoms with Gasteiger partial charge in [-0.3, -0.25) is 14.9 Å². The zero-order valence-corrected chi connectivity index (χ0v) is 15.7. The van der Waals surface area contributed by atoms with Gasteiger partial charge in [-0.25, -0.2) is 9.97 Å². The minimum absolute atomic E-state index is 0.126. The number of aromatic nitrogens is 2. The molecule has 0 aliphatic rings. The van der Waals surface area contributed by atoms with E-state index in [1.807, 2.05) is 24.3 Å². The smallest absolute Gasteiger partial charge is 0.270 e. The number of amides is 1. The molecule has 9 heteroatoms. The Balaban J connectivity index is 1.44. The summed E-state index contributed by atoms with van der Waals surface area (Å²) in [6.45, 7) is 0.704. The first-order valence-electron chi connectivity index (χ1n) is 9.19. The fraction of sp³-hybridized carbons (Fsp3) is 0.0952. The monoisotopic (exact) mass is 403 g/mol. The first-order valence-corrected chi connectivity index (χ1v) is 9.19. The maximum atomic E-state index is 12.3. The number of nitrogens with zero attached hydrogens (tertiary/aromatic N) is 3. The van der Waals surface area contributed by atoms with Gasteiger partial charge in [-0.15, -0.1) is 0 Å². The maximum Gasteiger partial charge on any atom is 0.270 e. The van der Waals surface area contributed by atoms with Crippen LogP contribution < -0.4 is 10.6 Å². The largest absolute Gasteiger partial charge is 0.461 e. The molecular formula is C21H17N5O4. The number of anilines is 1. The predicted molar refractivity (Wildman–Crippen MR) is 111 cm³/mol. The summed E-state index contributed by atoms with van der Waals surface area (Å²) >= 11 is 0. The van der Waals surface area contributed by atoms with Crippen LogP contribution in [0.2, 0.25) is 0 Å². The summed E-state index contributed by atoms with van der Waals surface area (Å²) in [5, 5.41) is 17.7. The molecule has 2 heterocycles. The van der Waals surface area contributed by atoms with Crippen molar-refractivity contribution in [1.29, 1.82) is 0 Å². The van der Waals surface area contributed by atoms with Crippen LogP contribution in [0.4, 0.5) is 11.5 Å². The minimum atomic E-state index is -0.533. The highest BCUT2D eigenvalue weighted by Crippen LogP contribution is 2.24. The molecule has 0 radical (unpaired) electrons. The van der Waals surface area contributed by atoms with E-state index >= 15 is 0 Å². The number of carbonyl (C=O) groups excluding carboxylic acids is 1. The Hall–Kier alpha value is -4.27. The number of furan rings is 1. The van der Waals surface area contributed by atoms with Gasteiger partial charge in [0, 0.05) is 36.2 Å². The Bertz CT molecular complexity index is 1210. The zero-order valence-electron chi connectivity index (χ0n) is 15.7. The Morgan fingerprint density at radius 3 is 2.70 bits per heavy atom. The van der Waals surface area contributed by atoms with E-state index in [2.05, 4.69) is 20.6 Å². The summed E-state index contributed by atoms with van der Waals surface area (Å²) < 4.78 is 5.40. The number of nitro benzene ring substituents is 1. The number of hydrogen-bond donors (Lipinski definition) is 2. The molecule has 30 heavy (non-hydrogen) atoms. The number of nitro groups is 1. The molecule has 0 spiro atoms. The zero-order chi connectivity index (χ0) is 20.9. The molecule has 0 aliphatic carbocycles. The summed E-state index contributed by atoms with van der Waals surface area (Å²) in [6.07, 6.45) is 1.56. The quantitative estimate of drug-likeness (QED) is 0.274. The number of non-ortho nitro benzene ring substituents is 1. The van der Waals surface area contributed by atoms with E-state index in [9.17, 15) is 14.9 Å². The lowest BCUT2D eigenvalue weighted by atomic mass is 10.2. The maximum absolute atomic E-state index is 12.3. The molecule has 9 nitrogen and oxygen atoms in total. The van der Waals surface area contributed by atoms with Crippen molar-refractivity contribution < 1.29 is 14.1 Å². The molecule has 2 aromatic heterocycles. The molecule has 0 atom stereocenters. The van der Waals surface area contributed by atoms with Crippen molar-refractivity contribution >= 4 is 28.3 Å². The molecule has 0 bridgehead atoms. The van der Waals surface area contributed by atoms with E-state index in [-0.39, 0.29) is 17.2 Å². The molecule has 0 saturated heterocycles. The molecule has 0 saturated carbocycles. The third-order valence-corrected chi connectivity index (χ3v) is 4.37. The highest BCUT2D eigenvalue weighted by atomic mass is 16.6. The van der Waals surface area contributed by atoms with E-state index < -0.39 is 4.92 Å². The molecule has 2 aromatic carbocycles. The molecule has 4 aromatic rings. The van der Waals surface area contributed by atoms with E-state index in [0.29, 0.717) is 30.5 Å². The van der Waals surface area contributed by atoms with Crippen LogP contribution in [-0.2, 0) is 0 Å². The van der Waals surface area contributed by atoms with Gasteiger partial charge >= 0.3 is 0 Å². The highest BCUT2D eigenvalue weighted by Gasteiger charge is 2.12. The van der Waals surface area contributed by atoms with Gasteiger partial charge in [0.15, 0.2) is 11.6 Å². The second-order valence-corrected chi connectivity index (χ2v) is 6.38. The van der Waals surface area contributed by atoms with Gasteiger partial charge in [-0.2, -0.15) is 0 Å². The molecule has 2 N–H and O–H groups in total. The lowest BCUT2D eigenvalue weighted by molar-refractivity contribution is -0.384. The van der Waals surface area contributed by atoms with Crippen LogP contribution in [-0.4, -0.2) is 33.9 Å². The number of benzene rings is 2. The number of fused-ring (bicyclic) bond motifs is 1. The van der Waals surface area contributed by atoms with Crippen LogP contribution in [0.1, 0.15) is 10.4 Å². The first kappa shape index (κ1) is 19.1. The van der Waals surface area contributed by atoms with Crippen LogP contribution in [0.15, 0.2) is 71.3 Å². The van der Waals surface area contributed by atoms with Crippen molar-refractivity contribution in [2.45, 2.75) is 0 Å². The topological polar surface area (TPSA) is 123 Å². The Labute approximate surface area is 170 Å². The van der Waals surface area contributed by atoms with Crippen molar-refractivity contribution in [3.63, 3.8) is 0 Å². The van der Waals surface area contributed by atoms with Crippen molar-refractivity contribution in [2.24, 2.45) is 0 Å². The van der Waals surface area contributed by atoms with Gasteiger partial charge in [-0.05, 0) is 30.3 Å². The van der Waals surface area contributed by atoms with Crippen LogP contribution >= 0.6 is 0 Å². The van der Waals surface area contributed by atoms with E-state index in [1.54, 1.807) is 18.4 Å². The summed E-state index contributed by atoms with van der Waals surface area (Å²) in [5.74, 6) is 1.26. The van der Waals surface area contributed by atoms with E-state index in [4.69, 9.17) is 4.42 Å². The number of nitrogens with one attached hydrogen (secondary N) is 2. The van der Waals surface area contributed by atoms with Crippen molar-refractivity contribution in [1.82, 2.24) is 15.3 Å². The molecule has 0 fully saturated rings. The first-order chi connectivity index (χ1) is 14.6. The Morgan fingerprint density at radius 2 is 1.90 bits per heavy atom. The van der Waals surface area contributed by atoms with Crippen molar-refractivity contribution in [3.8, 4) is 11.6 Å². The average Bonchev–Trinajstić information content (AvgIpc) is 3.31. The molecule has 150 valence electrons. The lowest BCUT2D eigenvalue weighted by Crippen LogP contribution is -2.29. The Kier molecular flexibility index (Phi) is 5.33. The normalized spacial score (nSPS) is 10.7. The number of para-hydroxylation sites is 1. The highest BCUT2D eigenvalue weighted by molar-refractivity contribution is 5.95. The van der Waals surface area contributed by atoms with E-state index in [0.717, 1.165) is 10.9 Å². The minimum Gasteiger partial charge on any atom is -0.461 e. The van der Waals surface area contributed by atoms with Gasteiger partial charge in [-0.1, -0.05) is 18.2 Å². The molecule has 4 rings (SSSR count). The average molecular weight is 403 g/mol. The second kappa shape index (κ2) is 8.39. The third-order valence-electron chi connectivity index (χ3n) is 4.37. The van der Waals surface area contributed by atoms with Gasteiger partial charge in [0.2, 0.25) is 0 Å². The standard InChI is InChI=1S/C21H17N5O4/c27-21(14-5-3-6-15(13-14)26(28)29)23-11-10-22-19-16-7-1-2-8-17(16)24-20(25-19)18-9-4-12-30-18/h1-9,12-13H,10-11H2,(H,23,27)(H,22,24,25). The fourth-order valence-corrected chi connectivity index (χ4v) is 2.95. The molecular weight excluding hydrogens is 386 g/mol. The van der Waals surface area contributed by atoms with E-state index in [1.165, 1.54) is 24.3 Å². The molecule has 1 amide bonds. The summed E-state index contributed by atoms with van der Waals surface area (Å²) in [4.78, 5) is 31.7. The molecule has 0 aliphatic heterocycles. The summed E-state index contributed by atoms with van der Waals surface area (Å²) in [5.41, 5.74) is 0.873. The SMILES string of the molecule is O=C(NCCNc1nc(-c2ccco2)nc2ccccc12)c1cccc([N+](=O)[O-])c1. The molecule has 0 unspecified atom stereocenters. The van der Waals surface area contributed by atoms with Gasteiger partial charge in [0.25, 0.3) is 11.6 Å². The summed E-state index contributed by atoms with van der Waals surface area (Å²) in [6, 6.07) is 16.7. The second-order valence-electron chi connectivity index (χ2n) is 6.38. The number of hydrogen-bond acceptors (Lipinski definition) is 7. The summed E-state index contributed by atoms with van der Waals surface area (Å²) in [7, 11) is 0. The van der Waals surface area contributed by atoms with Gasteiger partial charge in [0.1, 0.15) is 5.82 Å². The van der Waals surface area contributed by atoms with Crippen LogP contribution in [0.3, 0.4) is 0 Å². The Morgan fingerprint density at radius 1 is 1.03 bits per heavy atom. The predicted octanol–water partition coefficient (Wildman–Crippen LogP) is 3.64. The number of carbonyl (C=O) groups is 1.